The van der Waals surface area contributed by atoms with E-state index in [2.05, 4.69) is 10.9 Å². The smallest absolute Gasteiger partial charge is 0.262 e. The summed E-state index contributed by atoms with van der Waals surface area (Å²) in [5.74, 6) is -0.318. The van der Waals surface area contributed by atoms with Crippen molar-refractivity contribution in [1.82, 2.24) is 10.9 Å². The topological polar surface area (TPSA) is 58.2 Å². The van der Waals surface area contributed by atoms with E-state index in [4.69, 9.17) is 0 Å². The molecule has 84 valence electrons. The highest BCUT2D eigenvalue weighted by Crippen LogP contribution is 2.28. The molecule has 2 amide bonds. The zero-order chi connectivity index (χ0) is 11.4. The van der Waals surface area contributed by atoms with E-state index in [1.807, 2.05) is 17.5 Å². The zero-order valence-corrected chi connectivity index (χ0v) is 9.42. The fraction of sp³-hybridized carbons (Fsp3) is 0.273. The predicted octanol–water partition coefficient (Wildman–Crippen LogP) is 1.32. The number of carbonyl (C=O) groups is 2. The molecule has 2 N–H and O–H groups in total. The average molecular weight is 236 g/mol. The first kappa shape index (κ1) is 10.9. The van der Waals surface area contributed by atoms with E-state index in [1.165, 1.54) is 6.08 Å². The summed E-state index contributed by atoms with van der Waals surface area (Å²) in [6.45, 7) is 0. The number of rotatable bonds is 3. The molecule has 0 aromatic carbocycles. The average Bonchev–Trinajstić information content (AvgIpc) is 3.01. The Morgan fingerprint density at radius 3 is 2.81 bits per heavy atom. The molecule has 1 fully saturated rings. The van der Waals surface area contributed by atoms with Crippen LogP contribution in [0.15, 0.2) is 23.6 Å². The van der Waals surface area contributed by atoms with Crippen molar-refractivity contribution < 1.29 is 9.59 Å². The summed E-state index contributed by atoms with van der Waals surface area (Å²) >= 11 is 1.55. The first-order valence-corrected chi connectivity index (χ1v) is 5.95. The minimum Gasteiger partial charge on any atom is -0.273 e. The molecular formula is C11H12N2O2S. The molecule has 5 heteroatoms. The lowest BCUT2D eigenvalue weighted by molar-refractivity contribution is -0.127. The Morgan fingerprint density at radius 2 is 2.19 bits per heavy atom. The molecule has 1 aliphatic carbocycles. The first-order valence-electron chi connectivity index (χ1n) is 5.07. The molecule has 1 aromatic heterocycles. The maximum absolute atomic E-state index is 11.3. The predicted molar refractivity (Wildman–Crippen MR) is 62.4 cm³/mol. The van der Waals surface area contributed by atoms with Gasteiger partial charge < -0.3 is 0 Å². The lowest BCUT2D eigenvalue weighted by Gasteiger charge is -2.02. The second-order valence-corrected chi connectivity index (χ2v) is 4.58. The maximum atomic E-state index is 11.3. The molecule has 2 rings (SSSR count). The zero-order valence-electron chi connectivity index (χ0n) is 8.60. The maximum Gasteiger partial charge on any atom is 0.262 e. The van der Waals surface area contributed by atoms with Gasteiger partial charge in [0.1, 0.15) is 0 Å². The fourth-order valence-electron chi connectivity index (χ4n) is 1.16. The van der Waals surface area contributed by atoms with Crippen LogP contribution in [0.2, 0.25) is 0 Å². The van der Waals surface area contributed by atoms with E-state index in [0.717, 1.165) is 17.7 Å². The van der Waals surface area contributed by atoms with Crippen LogP contribution in [-0.4, -0.2) is 11.8 Å². The molecule has 0 unspecified atom stereocenters. The highest BCUT2D eigenvalue weighted by atomic mass is 32.1. The van der Waals surface area contributed by atoms with Gasteiger partial charge in [0, 0.05) is 16.9 Å². The van der Waals surface area contributed by atoms with Crippen molar-refractivity contribution in [1.29, 1.82) is 0 Å². The number of nitrogens with one attached hydrogen (secondary N) is 2. The number of hydrogen-bond acceptors (Lipinski definition) is 3. The van der Waals surface area contributed by atoms with Crippen molar-refractivity contribution in [3.8, 4) is 0 Å². The third-order valence-electron chi connectivity index (χ3n) is 2.20. The van der Waals surface area contributed by atoms with Crippen LogP contribution < -0.4 is 10.9 Å². The van der Waals surface area contributed by atoms with Crippen LogP contribution in [0.4, 0.5) is 0 Å². The molecular weight excluding hydrogens is 224 g/mol. The molecule has 4 nitrogen and oxygen atoms in total. The van der Waals surface area contributed by atoms with E-state index in [0.29, 0.717) is 0 Å². The summed E-state index contributed by atoms with van der Waals surface area (Å²) in [5.41, 5.74) is 4.73. The number of thiophene rings is 1. The SMILES string of the molecule is O=C(C=Cc1cccs1)NNC(=O)C1CC1. The van der Waals surface area contributed by atoms with Crippen molar-refractivity contribution in [3.05, 3.63) is 28.5 Å². The highest BCUT2D eigenvalue weighted by Gasteiger charge is 2.29. The van der Waals surface area contributed by atoms with Gasteiger partial charge in [0.2, 0.25) is 5.91 Å². The minimum atomic E-state index is -0.317. The molecule has 0 radical (unpaired) electrons. The Hall–Kier alpha value is -1.62. The van der Waals surface area contributed by atoms with Crippen LogP contribution in [0, 0.1) is 5.92 Å². The van der Waals surface area contributed by atoms with Gasteiger partial charge in [0.15, 0.2) is 0 Å². The van der Waals surface area contributed by atoms with Gasteiger partial charge in [-0.3, -0.25) is 20.4 Å². The summed E-state index contributed by atoms with van der Waals surface area (Å²) in [6, 6.07) is 3.83. The van der Waals surface area contributed by atoms with E-state index in [-0.39, 0.29) is 17.7 Å². The number of hydrazine groups is 1. The third-order valence-corrected chi connectivity index (χ3v) is 3.04. The Kier molecular flexibility index (Phi) is 3.36. The summed E-state index contributed by atoms with van der Waals surface area (Å²) in [5, 5.41) is 1.94. The van der Waals surface area contributed by atoms with Crippen LogP contribution in [0.1, 0.15) is 17.7 Å². The van der Waals surface area contributed by atoms with Crippen molar-refractivity contribution in [2.24, 2.45) is 5.92 Å². The summed E-state index contributed by atoms with van der Waals surface area (Å²) in [7, 11) is 0. The lowest BCUT2D eigenvalue weighted by atomic mass is 10.4. The summed E-state index contributed by atoms with van der Waals surface area (Å²) in [4.78, 5) is 23.5. The molecule has 0 spiro atoms. The van der Waals surface area contributed by atoms with Crippen LogP contribution in [0.3, 0.4) is 0 Å². The van der Waals surface area contributed by atoms with E-state index >= 15 is 0 Å². The second kappa shape index (κ2) is 4.94. The van der Waals surface area contributed by atoms with Crippen LogP contribution in [0.5, 0.6) is 0 Å². The number of amides is 2. The quantitative estimate of drug-likeness (QED) is 0.614. The summed E-state index contributed by atoms with van der Waals surface area (Å²) < 4.78 is 0. The van der Waals surface area contributed by atoms with Crippen molar-refractivity contribution in [2.75, 3.05) is 0 Å². The van der Waals surface area contributed by atoms with Crippen LogP contribution in [-0.2, 0) is 9.59 Å². The molecule has 0 saturated heterocycles. The number of hydrogen-bond donors (Lipinski definition) is 2. The fourth-order valence-corrected chi connectivity index (χ4v) is 1.77. The van der Waals surface area contributed by atoms with E-state index in [1.54, 1.807) is 17.4 Å². The molecule has 0 bridgehead atoms. The molecule has 1 aromatic rings. The standard InChI is InChI=1S/C11H12N2O2S/c14-10(6-5-9-2-1-7-16-9)12-13-11(15)8-3-4-8/h1-2,5-8H,3-4H2,(H,12,14)(H,13,15). The van der Waals surface area contributed by atoms with E-state index in [9.17, 15) is 9.59 Å². The van der Waals surface area contributed by atoms with Gasteiger partial charge in [0.05, 0.1) is 0 Å². The van der Waals surface area contributed by atoms with Crippen LogP contribution in [0.25, 0.3) is 6.08 Å². The second-order valence-electron chi connectivity index (χ2n) is 3.60. The molecule has 16 heavy (non-hydrogen) atoms. The molecule has 1 heterocycles. The summed E-state index contributed by atoms with van der Waals surface area (Å²) in [6.07, 6.45) is 4.96. The van der Waals surface area contributed by atoms with Gasteiger partial charge in [0.25, 0.3) is 5.91 Å². The first-order chi connectivity index (χ1) is 7.75. The van der Waals surface area contributed by atoms with Gasteiger partial charge in [-0.25, -0.2) is 0 Å². The van der Waals surface area contributed by atoms with Gasteiger partial charge in [-0.2, -0.15) is 0 Å². The largest absolute Gasteiger partial charge is 0.273 e. The molecule has 0 atom stereocenters. The molecule has 0 aliphatic heterocycles. The van der Waals surface area contributed by atoms with Crippen molar-refractivity contribution in [3.63, 3.8) is 0 Å². The number of carbonyl (C=O) groups excluding carboxylic acids is 2. The van der Waals surface area contributed by atoms with Gasteiger partial charge in [-0.05, 0) is 30.4 Å². The highest BCUT2D eigenvalue weighted by molar-refractivity contribution is 7.10. The van der Waals surface area contributed by atoms with Crippen molar-refractivity contribution in [2.45, 2.75) is 12.8 Å². The lowest BCUT2D eigenvalue weighted by Crippen LogP contribution is -2.41. The monoisotopic (exact) mass is 236 g/mol. The van der Waals surface area contributed by atoms with Crippen molar-refractivity contribution >= 4 is 29.2 Å². The van der Waals surface area contributed by atoms with E-state index < -0.39 is 0 Å². The Bertz CT molecular complexity index is 408. The van der Waals surface area contributed by atoms with Gasteiger partial charge in [-0.15, -0.1) is 11.3 Å². The Morgan fingerprint density at radius 1 is 1.38 bits per heavy atom. The Labute approximate surface area is 97.3 Å². The molecule has 1 aliphatic rings. The van der Waals surface area contributed by atoms with Crippen LogP contribution >= 0.6 is 11.3 Å². The molecule has 1 saturated carbocycles. The third kappa shape index (κ3) is 3.20. The van der Waals surface area contributed by atoms with Gasteiger partial charge >= 0.3 is 0 Å². The normalized spacial score (nSPS) is 15.0. The minimum absolute atomic E-state index is 0.0987. The van der Waals surface area contributed by atoms with Gasteiger partial charge in [-0.1, -0.05) is 6.07 Å². The Balaban J connectivity index is 1.73.